The van der Waals surface area contributed by atoms with E-state index >= 15 is 0 Å². The molecule has 0 aromatic heterocycles. The highest BCUT2D eigenvalue weighted by atomic mass is 16.5. The Morgan fingerprint density at radius 1 is 1.28 bits per heavy atom. The van der Waals surface area contributed by atoms with Gasteiger partial charge in [0.25, 0.3) is 0 Å². The zero-order valence-corrected chi connectivity index (χ0v) is 10.0. The van der Waals surface area contributed by atoms with Crippen molar-refractivity contribution in [3.05, 3.63) is 35.4 Å². The maximum absolute atomic E-state index is 11.1. The van der Waals surface area contributed by atoms with Crippen LogP contribution in [0, 0.1) is 0 Å². The van der Waals surface area contributed by atoms with Crippen molar-refractivity contribution in [3.8, 4) is 0 Å². The molecule has 0 saturated carbocycles. The van der Waals surface area contributed by atoms with Crippen LogP contribution < -0.4 is 16.8 Å². The molecule has 0 bridgehead atoms. The van der Waals surface area contributed by atoms with Crippen LogP contribution in [0.25, 0.3) is 0 Å². The van der Waals surface area contributed by atoms with E-state index in [0.717, 1.165) is 0 Å². The highest BCUT2D eigenvalue weighted by Gasteiger charge is 2.07. The van der Waals surface area contributed by atoms with E-state index in [1.54, 1.807) is 24.3 Å². The molecule has 0 spiro atoms. The predicted octanol–water partition coefficient (Wildman–Crippen LogP) is -0.275. The van der Waals surface area contributed by atoms with Crippen LogP contribution in [0.1, 0.15) is 22.3 Å². The molecule has 0 atom stereocenters. The van der Waals surface area contributed by atoms with Gasteiger partial charge in [-0.2, -0.15) is 0 Å². The standard InChI is InChI=1S/C12H17N3O3/c13-8-15-11(16)5-6-18-7-9-3-1-2-4-10(9)12(14)17/h1-4H,5-8,13H2,(H2,14,17)(H,15,16). The normalized spacial score (nSPS) is 10.1. The fraction of sp³-hybridized carbons (Fsp3) is 0.333. The second kappa shape index (κ2) is 7.41. The lowest BCUT2D eigenvalue weighted by Gasteiger charge is -2.07. The summed E-state index contributed by atoms with van der Waals surface area (Å²) in [4.78, 5) is 22.2. The Labute approximate surface area is 105 Å². The molecule has 0 fully saturated rings. The molecule has 1 aromatic rings. The molecule has 0 aliphatic carbocycles. The topological polar surface area (TPSA) is 107 Å². The molecule has 0 saturated heterocycles. The van der Waals surface area contributed by atoms with E-state index in [9.17, 15) is 9.59 Å². The number of rotatable bonds is 7. The number of amides is 2. The van der Waals surface area contributed by atoms with Crippen LogP contribution in [0.2, 0.25) is 0 Å². The summed E-state index contributed by atoms with van der Waals surface area (Å²) in [5, 5.41) is 2.46. The molecule has 0 aliphatic heterocycles. The van der Waals surface area contributed by atoms with E-state index in [1.165, 1.54) is 0 Å². The first kappa shape index (κ1) is 14.1. The number of nitrogens with two attached hydrogens (primary N) is 2. The molecule has 98 valence electrons. The number of carbonyl (C=O) groups is 2. The first-order chi connectivity index (χ1) is 8.65. The van der Waals surface area contributed by atoms with Crippen molar-refractivity contribution in [2.45, 2.75) is 13.0 Å². The summed E-state index contributed by atoms with van der Waals surface area (Å²) < 4.78 is 5.32. The Kier molecular flexibility index (Phi) is 5.83. The van der Waals surface area contributed by atoms with Crippen molar-refractivity contribution in [1.82, 2.24) is 5.32 Å². The van der Waals surface area contributed by atoms with Crippen molar-refractivity contribution in [2.75, 3.05) is 13.3 Å². The molecular weight excluding hydrogens is 234 g/mol. The third kappa shape index (κ3) is 4.52. The second-order valence-electron chi connectivity index (χ2n) is 3.63. The molecule has 5 N–H and O–H groups in total. The van der Waals surface area contributed by atoms with E-state index in [-0.39, 0.29) is 32.2 Å². The second-order valence-corrected chi connectivity index (χ2v) is 3.63. The fourth-order valence-corrected chi connectivity index (χ4v) is 1.44. The average Bonchev–Trinajstić information content (AvgIpc) is 2.35. The zero-order chi connectivity index (χ0) is 13.4. The molecule has 0 radical (unpaired) electrons. The monoisotopic (exact) mass is 251 g/mol. The lowest BCUT2D eigenvalue weighted by molar-refractivity contribution is -0.122. The van der Waals surface area contributed by atoms with Gasteiger partial charge in [-0.3, -0.25) is 9.59 Å². The predicted molar refractivity (Wildman–Crippen MR) is 66.4 cm³/mol. The third-order valence-electron chi connectivity index (χ3n) is 2.31. The van der Waals surface area contributed by atoms with Crippen LogP contribution in [-0.4, -0.2) is 25.1 Å². The van der Waals surface area contributed by atoms with Gasteiger partial charge < -0.3 is 21.5 Å². The lowest BCUT2D eigenvalue weighted by atomic mass is 10.1. The summed E-state index contributed by atoms with van der Waals surface area (Å²) in [5.74, 6) is -0.657. The fourth-order valence-electron chi connectivity index (χ4n) is 1.44. The summed E-state index contributed by atoms with van der Waals surface area (Å²) in [6.45, 7) is 0.622. The first-order valence-corrected chi connectivity index (χ1v) is 5.57. The van der Waals surface area contributed by atoms with E-state index in [0.29, 0.717) is 11.1 Å². The molecular formula is C12H17N3O3. The van der Waals surface area contributed by atoms with Crippen molar-refractivity contribution in [1.29, 1.82) is 0 Å². The number of hydrogen-bond acceptors (Lipinski definition) is 4. The van der Waals surface area contributed by atoms with Gasteiger partial charge in [0.2, 0.25) is 11.8 Å². The molecule has 6 nitrogen and oxygen atoms in total. The third-order valence-corrected chi connectivity index (χ3v) is 2.31. The van der Waals surface area contributed by atoms with Gasteiger partial charge in [0.05, 0.1) is 26.3 Å². The number of hydrogen-bond donors (Lipinski definition) is 3. The Hall–Kier alpha value is -1.92. The minimum absolute atomic E-state index is 0.114. The summed E-state index contributed by atoms with van der Waals surface area (Å²) in [6.07, 6.45) is 0.232. The highest BCUT2D eigenvalue weighted by Crippen LogP contribution is 2.09. The summed E-state index contributed by atoms with van der Waals surface area (Å²) in [6, 6.07) is 6.94. The number of primary amides is 1. The van der Waals surface area contributed by atoms with Gasteiger partial charge in [-0.15, -0.1) is 0 Å². The van der Waals surface area contributed by atoms with Gasteiger partial charge in [0, 0.05) is 5.56 Å². The Morgan fingerprint density at radius 2 is 2.00 bits per heavy atom. The van der Waals surface area contributed by atoms with Gasteiger partial charge in [-0.1, -0.05) is 18.2 Å². The first-order valence-electron chi connectivity index (χ1n) is 5.57. The van der Waals surface area contributed by atoms with E-state index in [2.05, 4.69) is 5.32 Å². The van der Waals surface area contributed by atoms with Crippen molar-refractivity contribution >= 4 is 11.8 Å². The summed E-state index contributed by atoms with van der Waals surface area (Å²) >= 11 is 0. The molecule has 0 heterocycles. The number of carbonyl (C=O) groups excluding carboxylic acids is 2. The Morgan fingerprint density at radius 3 is 2.67 bits per heavy atom. The summed E-state index contributed by atoms with van der Waals surface area (Å²) in [5.41, 5.74) is 11.5. The number of nitrogens with one attached hydrogen (secondary N) is 1. The van der Waals surface area contributed by atoms with E-state index in [4.69, 9.17) is 16.2 Å². The minimum atomic E-state index is -0.491. The quantitative estimate of drug-likeness (QED) is 0.457. The van der Waals surface area contributed by atoms with Gasteiger partial charge in [0.1, 0.15) is 0 Å². The van der Waals surface area contributed by atoms with Gasteiger partial charge >= 0.3 is 0 Å². The molecule has 6 heteroatoms. The molecule has 1 rings (SSSR count). The molecule has 0 unspecified atom stereocenters. The highest BCUT2D eigenvalue weighted by molar-refractivity contribution is 5.94. The SMILES string of the molecule is NCNC(=O)CCOCc1ccccc1C(N)=O. The van der Waals surface area contributed by atoms with E-state index in [1.807, 2.05) is 0 Å². The Balaban J connectivity index is 2.40. The average molecular weight is 251 g/mol. The summed E-state index contributed by atoms with van der Waals surface area (Å²) in [7, 11) is 0. The number of ether oxygens (including phenoxy) is 1. The van der Waals surface area contributed by atoms with Crippen LogP contribution in [0.15, 0.2) is 24.3 Å². The van der Waals surface area contributed by atoms with Crippen LogP contribution in [0.5, 0.6) is 0 Å². The smallest absolute Gasteiger partial charge is 0.249 e. The van der Waals surface area contributed by atoms with Gasteiger partial charge in [0.15, 0.2) is 0 Å². The van der Waals surface area contributed by atoms with Crippen LogP contribution >= 0.6 is 0 Å². The molecule has 0 aliphatic rings. The maximum Gasteiger partial charge on any atom is 0.249 e. The van der Waals surface area contributed by atoms with Gasteiger partial charge in [-0.05, 0) is 11.6 Å². The number of benzene rings is 1. The van der Waals surface area contributed by atoms with E-state index < -0.39 is 5.91 Å². The minimum Gasteiger partial charge on any atom is -0.376 e. The van der Waals surface area contributed by atoms with Crippen molar-refractivity contribution in [2.24, 2.45) is 11.5 Å². The maximum atomic E-state index is 11.1. The Bertz CT molecular complexity index is 421. The lowest BCUT2D eigenvalue weighted by Crippen LogP contribution is -2.29. The van der Waals surface area contributed by atoms with Crippen molar-refractivity contribution < 1.29 is 14.3 Å². The van der Waals surface area contributed by atoms with Gasteiger partial charge in [-0.25, -0.2) is 0 Å². The van der Waals surface area contributed by atoms with Crippen LogP contribution in [-0.2, 0) is 16.1 Å². The van der Waals surface area contributed by atoms with Crippen LogP contribution in [0.4, 0.5) is 0 Å². The van der Waals surface area contributed by atoms with Crippen molar-refractivity contribution in [3.63, 3.8) is 0 Å². The molecule has 18 heavy (non-hydrogen) atoms. The molecule has 2 amide bonds. The van der Waals surface area contributed by atoms with Crippen LogP contribution in [0.3, 0.4) is 0 Å². The zero-order valence-electron chi connectivity index (χ0n) is 10.0. The molecule has 1 aromatic carbocycles. The largest absolute Gasteiger partial charge is 0.376 e.